The second kappa shape index (κ2) is 9.50. The zero-order valence-electron chi connectivity index (χ0n) is 18.1. The SMILES string of the molecule is COc1cc(Br)cc(CN(C)C(c2ccccc2)c2nnnn2-c2ccccc2C)c1O. The predicted molar refractivity (Wildman–Crippen MR) is 126 cm³/mol. The van der Waals surface area contributed by atoms with Crippen LogP contribution in [0.3, 0.4) is 0 Å². The van der Waals surface area contributed by atoms with E-state index in [1.165, 1.54) is 7.11 Å². The standard InChI is InChI=1S/C24H24BrN5O2/c1-16-9-7-8-12-20(16)30-24(26-27-28-30)22(17-10-5-4-6-11-17)29(2)15-18-13-19(25)14-21(32-3)23(18)31/h4-14,22,31H,15H2,1-3H3. The summed E-state index contributed by atoms with van der Waals surface area (Å²) in [5.74, 6) is 1.23. The Morgan fingerprint density at radius 2 is 1.81 bits per heavy atom. The van der Waals surface area contributed by atoms with Gasteiger partial charge in [0.15, 0.2) is 17.3 Å². The van der Waals surface area contributed by atoms with E-state index in [2.05, 4.69) is 48.5 Å². The molecular formula is C24H24BrN5O2. The number of hydrogen-bond acceptors (Lipinski definition) is 6. The molecule has 4 rings (SSSR count). The Balaban J connectivity index is 1.79. The van der Waals surface area contributed by atoms with Crippen molar-refractivity contribution in [3.8, 4) is 17.2 Å². The van der Waals surface area contributed by atoms with Crippen molar-refractivity contribution in [2.45, 2.75) is 19.5 Å². The van der Waals surface area contributed by atoms with Gasteiger partial charge < -0.3 is 9.84 Å². The van der Waals surface area contributed by atoms with Gasteiger partial charge in [-0.1, -0.05) is 64.5 Å². The molecule has 7 nitrogen and oxygen atoms in total. The average Bonchev–Trinajstić information content (AvgIpc) is 3.26. The third-order valence-corrected chi connectivity index (χ3v) is 5.85. The van der Waals surface area contributed by atoms with Crippen molar-refractivity contribution in [3.05, 3.63) is 93.7 Å². The fourth-order valence-corrected chi connectivity index (χ4v) is 4.32. The topological polar surface area (TPSA) is 76.3 Å². The summed E-state index contributed by atoms with van der Waals surface area (Å²) < 4.78 is 7.93. The second-order valence-electron chi connectivity index (χ2n) is 7.58. The smallest absolute Gasteiger partial charge is 0.178 e. The molecule has 0 saturated heterocycles. The Morgan fingerprint density at radius 3 is 2.53 bits per heavy atom. The van der Waals surface area contributed by atoms with Crippen LogP contribution in [0.15, 0.2) is 71.2 Å². The van der Waals surface area contributed by atoms with Crippen LogP contribution in [0.25, 0.3) is 5.69 Å². The van der Waals surface area contributed by atoms with Gasteiger partial charge in [-0.3, -0.25) is 4.90 Å². The number of benzene rings is 3. The van der Waals surface area contributed by atoms with Gasteiger partial charge in [0.1, 0.15) is 0 Å². The maximum absolute atomic E-state index is 10.7. The van der Waals surface area contributed by atoms with Gasteiger partial charge in [-0.05, 0) is 53.7 Å². The number of aryl methyl sites for hydroxylation is 1. The number of hydrogen-bond donors (Lipinski definition) is 1. The lowest BCUT2D eigenvalue weighted by molar-refractivity contribution is 0.253. The highest BCUT2D eigenvalue weighted by molar-refractivity contribution is 9.10. The zero-order valence-corrected chi connectivity index (χ0v) is 19.7. The summed E-state index contributed by atoms with van der Waals surface area (Å²) in [4.78, 5) is 2.11. The lowest BCUT2D eigenvalue weighted by atomic mass is 10.0. The molecule has 32 heavy (non-hydrogen) atoms. The molecule has 4 aromatic rings. The highest BCUT2D eigenvalue weighted by Gasteiger charge is 2.27. The maximum atomic E-state index is 10.7. The fourth-order valence-electron chi connectivity index (χ4n) is 3.84. The molecule has 1 unspecified atom stereocenters. The molecule has 0 bridgehead atoms. The first-order chi connectivity index (χ1) is 15.5. The molecule has 0 amide bonds. The minimum absolute atomic E-state index is 0.118. The predicted octanol–water partition coefficient (Wildman–Crippen LogP) is 4.67. The van der Waals surface area contributed by atoms with Crippen molar-refractivity contribution in [2.24, 2.45) is 0 Å². The van der Waals surface area contributed by atoms with Crippen LogP contribution in [0.2, 0.25) is 0 Å². The van der Waals surface area contributed by atoms with E-state index in [9.17, 15) is 5.11 Å². The molecular weight excluding hydrogens is 470 g/mol. The van der Waals surface area contributed by atoms with Crippen molar-refractivity contribution in [1.82, 2.24) is 25.1 Å². The third kappa shape index (κ3) is 4.37. The molecule has 1 aromatic heterocycles. The van der Waals surface area contributed by atoms with Crippen molar-refractivity contribution in [2.75, 3.05) is 14.2 Å². The van der Waals surface area contributed by atoms with Gasteiger partial charge in [-0.15, -0.1) is 5.10 Å². The van der Waals surface area contributed by atoms with Crippen LogP contribution >= 0.6 is 15.9 Å². The van der Waals surface area contributed by atoms with Crippen molar-refractivity contribution >= 4 is 15.9 Å². The van der Waals surface area contributed by atoms with Gasteiger partial charge in [-0.25, -0.2) is 0 Å². The molecule has 1 atom stereocenters. The first-order valence-electron chi connectivity index (χ1n) is 10.1. The van der Waals surface area contributed by atoms with Crippen LogP contribution in [-0.4, -0.2) is 44.4 Å². The molecule has 8 heteroatoms. The Kier molecular flexibility index (Phi) is 6.53. The van der Waals surface area contributed by atoms with E-state index in [1.807, 2.05) is 62.5 Å². The second-order valence-corrected chi connectivity index (χ2v) is 8.50. The highest BCUT2D eigenvalue weighted by atomic mass is 79.9. The Labute approximate surface area is 195 Å². The van der Waals surface area contributed by atoms with Crippen LogP contribution < -0.4 is 4.74 Å². The molecule has 1 heterocycles. The van der Waals surface area contributed by atoms with Crippen LogP contribution in [-0.2, 0) is 6.54 Å². The summed E-state index contributed by atoms with van der Waals surface area (Å²) in [6.45, 7) is 2.48. The molecule has 0 fully saturated rings. The first kappa shape index (κ1) is 22.0. The maximum Gasteiger partial charge on any atom is 0.178 e. The minimum atomic E-state index is -0.254. The molecule has 0 spiro atoms. The number of phenolic OH excluding ortho intramolecular Hbond substituents is 1. The van der Waals surface area contributed by atoms with Gasteiger partial charge in [0.05, 0.1) is 18.8 Å². The molecule has 0 radical (unpaired) electrons. The summed E-state index contributed by atoms with van der Waals surface area (Å²) in [6, 6.07) is 21.5. The third-order valence-electron chi connectivity index (χ3n) is 5.40. The van der Waals surface area contributed by atoms with Crippen molar-refractivity contribution in [1.29, 1.82) is 0 Å². The lowest BCUT2D eigenvalue weighted by Gasteiger charge is -2.28. The van der Waals surface area contributed by atoms with Gasteiger partial charge >= 0.3 is 0 Å². The Hall–Kier alpha value is -3.23. The summed E-state index contributed by atoms with van der Waals surface area (Å²) in [5.41, 5.74) is 3.77. The summed E-state index contributed by atoms with van der Waals surface area (Å²) in [6.07, 6.45) is 0. The van der Waals surface area contributed by atoms with Gasteiger partial charge in [0, 0.05) is 16.6 Å². The van der Waals surface area contributed by atoms with Gasteiger partial charge in [-0.2, -0.15) is 4.68 Å². The molecule has 164 valence electrons. The minimum Gasteiger partial charge on any atom is -0.504 e. The summed E-state index contributed by atoms with van der Waals surface area (Å²) in [5, 5.41) is 23.4. The lowest BCUT2D eigenvalue weighted by Crippen LogP contribution is -2.28. The first-order valence-corrected chi connectivity index (χ1v) is 10.9. The van der Waals surface area contributed by atoms with Crippen molar-refractivity contribution < 1.29 is 9.84 Å². The Bertz CT molecular complexity index is 1210. The van der Waals surface area contributed by atoms with Crippen LogP contribution in [0.4, 0.5) is 0 Å². The Morgan fingerprint density at radius 1 is 1.09 bits per heavy atom. The zero-order chi connectivity index (χ0) is 22.7. The van der Waals surface area contributed by atoms with E-state index in [-0.39, 0.29) is 11.8 Å². The van der Waals surface area contributed by atoms with E-state index >= 15 is 0 Å². The number of aromatic hydroxyl groups is 1. The largest absolute Gasteiger partial charge is 0.504 e. The molecule has 0 saturated carbocycles. The molecule has 3 aromatic carbocycles. The molecule has 0 aliphatic heterocycles. The number of methoxy groups -OCH3 is 1. The number of phenols is 1. The van der Waals surface area contributed by atoms with Gasteiger partial charge in [0.25, 0.3) is 0 Å². The number of halogens is 1. The fraction of sp³-hybridized carbons (Fsp3) is 0.208. The van der Waals surface area contributed by atoms with Gasteiger partial charge in [0.2, 0.25) is 0 Å². The van der Waals surface area contributed by atoms with E-state index < -0.39 is 0 Å². The van der Waals surface area contributed by atoms with Crippen LogP contribution in [0.1, 0.15) is 28.6 Å². The van der Waals surface area contributed by atoms with Crippen molar-refractivity contribution in [3.63, 3.8) is 0 Å². The number of ether oxygens (including phenoxy) is 1. The van der Waals surface area contributed by atoms with Crippen LogP contribution in [0.5, 0.6) is 11.5 Å². The number of tetrazole rings is 1. The quantitative estimate of drug-likeness (QED) is 0.403. The molecule has 1 N–H and O–H groups in total. The van der Waals surface area contributed by atoms with E-state index in [1.54, 1.807) is 10.7 Å². The van der Waals surface area contributed by atoms with Crippen LogP contribution in [0, 0.1) is 6.92 Å². The number of nitrogens with zero attached hydrogens (tertiary/aromatic N) is 5. The number of para-hydroxylation sites is 1. The normalized spacial score (nSPS) is 12.2. The number of aromatic nitrogens is 4. The van der Waals surface area contributed by atoms with E-state index in [0.29, 0.717) is 18.1 Å². The number of rotatable bonds is 7. The average molecular weight is 494 g/mol. The highest BCUT2D eigenvalue weighted by Crippen LogP contribution is 2.36. The van der Waals surface area contributed by atoms with E-state index in [0.717, 1.165) is 26.9 Å². The molecule has 0 aliphatic carbocycles. The summed E-state index contributed by atoms with van der Waals surface area (Å²) >= 11 is 3.50. The monoisotopic (exact) mass is 493 g/mol. The summed E-state index contributed by atoms with van der Waals surface area (Å²) in [7, 11) is 3.53. The van der Waals surface area contributed by atoms with E-state index in [4.69, 9.17) is 4.74 Å². The molecule has 0 aliphatic rings.